The molecule has 1 amide bonds. The van der Waals surface area contributed by atoms with Crippen molar-refractivity contribution < 1.29 is 19.1 Å². The number of amides is 1. The van der Waals surface area contributed by atoms with Crippen molar-refractivity contribution in [3.05, 3.63) is 42.4 Å². The Labute approximate surface area is 170 Å². The maximum Gasteiger partial charge on any atom is 0.257 e. The van der Waals surface area contributed by atoms with E-state index in [-0.39, 0.29) is 24.7 Å². The lowest BCUT2D eigenvalue weighted by atomic mass is 10.2. The van der Waals surface area contributed by atoms with Crippen LogP contribution in [0.1, 0.15) is 10.4 Å². The summed E-state index contributed by atoms with van der Waals surface area (Å²) in [5.41, 5.74) is 2.69. The van der Waals surface area contributed by atoms with Gasteiger partial charge in [0, 0.05) is 13.1 Å². The van der Waals surface area contributed by atoms with Crippen LogP contribution in [0.3, 0.4) is 0 Å². The molecule has 2 atom stereocenters. The largest absolute Gasteiger partial charge is 0.443 e. The molecule has 154 valence electrons. The topological polar surface area (TPSA) is 139 Å². The number of hydrogen-bond donors (Lipinski definition) is 4. The van der Waals surface area contributed by atoms with E-state index in [1.807, 2.05) is 18.2 Å². The van der Waals surface area contributed by atoms with Gasteiger partial charge in [0.1, 0.15) is 22.7 Å². The molecule has 0 spiro atoms. The summed E-state index contributed by atoms with van der Waals surface area (Å²) in [4.78, 5) is 21.6. The number of oxazole rings is 1. The van der Waals surface area contributed by atoms with Crippen LogP contribution in [0, 0.1) is 0 Å². The molecule has 1 aliphatic heterocycles. The molecule has 1 aliphatic rings. The number of aliphatic hydroxyl groups excluding tert-OH is 1. The van der Waals surface area contributed by atoms with E-state index in [0.29, 0.717) is 28.4 Å². The Morgan fingerprint density at radius 1 is 1.33 bits per heavy atom. The Kier molecular flexibility index (Phi) is 4.45. The lowest BCUT2D eigenvalue weighted by molar-refractivity contribution is 0.0888. The Hall–Kier alpha value is -3.70. The molecule has 1 aromatic carbocycles. The zero-order valence-electron chi connectivity index (χ0n) is 16.0. The van der Waals surface area contributed by atoms with E-state index in [0.717, 1.165) is 5.69 Å². The van der Waals surface area contributed by atoms with Gasteiger partial charge in [-0.25, -0.2) is 9.97 Å². The number of nitrogens with one attached hydrogen (secondary N) is 3. The molecule has 4 aromatic rings. The highest BCUT2D eigenvalue weighted by Gasteiger charge is 2.29. The quantitative estimate of drug-likeness (QED) is 0.382. The minimum atomic E-state index is -0.739. The highest BCUT2D eigenvalue weighted by molar-refractivity contribution is 6.00. The molecule has 4 heterocycles. The van der Waals surface area contributed by atoms with Crippen LogP contribution in [0.2, 0.25) is 0 Å². The Balaban J connectivity index is 1.51. The summed E-state index contributed by atoms with van der Waals surface area (Å²) in [5, 5.41) is 23.2. The molecule has 1 saturated heterocycles. The number of hydrogen-bond acceptors (Lipinski definition) is 9. The fourth-order valence-electron chi connectivity index (χ4n) is 3.42. The summed E-state index contributed by atoms with van der Waals surface area (Å²) in [6.07, 6.45) is 2.09. The Morgan fingerprint density at radius 3 is 3.03 bits per heavy atom. The van der Waals surface area contributed by atoms with Gasteiger partial charge in [-0.1, -0.05) is 6.07 Å². The van der Waals surface area contributed by atoms with E-state index in [9.17, 15) is 9.90 Å². The predicted molar refractivity (Wildman–Crippen MR) is 108 cm³/mol. The molecule has 0 radical (unpaired) electrons. The molecule has 4 N–H and O–H groups in total. The maximum atomic E-state index is 12.8. The van der Waals surface area contributed by atoms with Crippen LogP contribution in [-0.2, 0) is 4.74 Å². The van der Waals surface area contributed by atoms with E-state index >= 15 is 0 Å². The van der Waals surface area contributed by atoms with Gasteiger partial charge in [0.25, 0.3) is 5.91 Å². The van der Waals surface area contributed by atoms with Crippen molar-refractivity contribution in [1.82, 2.24) is 24.9 Å². The summed E-state index contributed by atoms with van der Waals surface area (Å²) < 4.78 is 12.1. The van der Waals surface area contributed by atoms with Gasteiger partial charge in [-0.05, 0) is 12.1 Å². The Bertz CT molecular complexity index is 1230. The molecule has 0 unspecified atom stereocenters. The summed E-state index contributed by atoms with van der Waals surface area (Å²) in [5.74, 6) is 0.754. The van der Waals surface area contributed by atoms with Crippen LogP contribution < -0.4 is 16.0 Å². The van der Waals surface area contributed by atoms with E-state index in [2.05, 4.69) is 31.0 Å². The number of nitrogens with zero attached hydrogens (tertiary/aromatic N) is 4. The normalized spacial score (nSPS) is 18.7. The first-order valence-electron chi connectivity index (χ1n) is 9.36. The zero-order chi connectivity index (χ0) is 20.7. The van der Waals surface area contributed by atoms with Crippen LogP contribution in [0.15, 0.2) is 41.3 Å². The van der Waals surface area contributed by atoms with E-state index in [1.165, 1.54) is 12.6 Å². The molecule has 11 heteroatoms. The third kappa shape index (κ3) is 3.09. The molecule has 0 saturated carbocycles. The fourth-order valence-corrected chi connectivity index (χ4v) is 3.42. The lowest BCUT2D eigenvalue weighted by Gasteiger charge is -2.14. The maximum absolute atomic E-state index is 12.8. The molecule has 5 rings (SSSR count). The number of ether oxygens (including phenoxy) is 1. The number of para-hydroxylation sites is 1. The second-order valence-electron chi connectivity index (χ2n) is 6.88. The van der Waals surface area contributed by atoms with Crippen molar-refractivity contribution in [2.24, 2.45) is 0 Å². The Morgan fingerprint density at radius 2 is 2.23 bits per heavy atom. The number of benzene rings is 1. The first-order valence-corrected chi connectivity index (χ1v) is 9.36. The average Bonchev–Trinajstić information content (AvgIpc) is 3.48. The van der Waals surface area contributed by atoms with Crippen molar-refractivity contribution in [3.8, 4) is 0 Å². The van der Waals surface area contributed by atoms with E-state index in [4.69, 9.17) is 9.15 Å². The fraction of sp³-hybridized carbons (Fsp3) is 0.263. The average molecular weight is 409 g/mol. The molecule has 1 fully saturated rings. The van der Waals surface area contributed by atoms with Gasteiger partial charge in [0.15, 0.2) is 17.6 Å². The van der Waals surface area contributed by atoms with Crippen LogP contribution >= 0.6 is 0 Å². The van der Waals surface area contributed by atoms with Crippen LogP contribution in [0.4, 0.5) is 17.3 Å². The summed E-state index contributed by atoms with van der Waals surface area (Å²) in [6.45, 7) is 0.458. The van der Waals surface area contributed by atoms with Crippen LogP contribution in [-0.4, -0.2) is 63.0 Å². The minimum absolute atomic E-state index is 0.198. The smallest absolute Gasteiger partial charge is 0.257 e. The lowest BCUT2D eigenvalue weighted by Crippen LogP contribution is -2.42. The molecule has 3 aromatic heterocycles. The van der Waals surface area contributed by atoms with Crippen molar-refractivity contribution >= 4 is 40.0 Å². The van der Waals surface area contributed by atoms with Gasteiger partial charge in [-0.3, -0.25) is 4.79 Å². The summed E-state index contributed by atoms with van der Waals surface area (Å²) in [6, 6.07) is 6.84. The van der Waals surface area contributed by atoms with Gasteiger partial charge in [-0.15, -0.1) is 0 Å². The number of carbonyl (C=O) groups excluding carboxylic acids is 1. The van der Waals surface area contributed by atoms with Crippen molar-refractivity contribution in [2.45, 2.75) is 12.1 Å². The molecule has 30 heavy (non-hydrogen) atoms. The number of fused-ring (bicyclic) bond motifs is 2. The number of anilines is 3. The van der Waals surface area contributed by atoms with Crippen molar-refractivity contribution in [1.29, 1.82) is 0 Å². The van der Waals surface area contributed by atoms with E-state index < -0.39 is 12.1 Å². The molecule has 0 aliphatic carbocycles. The number of aliphatic hydroxyl groups is 1. The van der Waals surface area contributed by atoms with Gasteiger partial charge in [0.05, 0.1) is 37.2 Å². The predicted octanol–water partition coefficient (Wildman–Crippen LogP) is 1.15. The summed E-state index contributed by atoms with van der Waals surface area (Å²) in [7, 11) is 1.75. The van der Waals surface area contributed by atoms with Crippen LogP contribution in [0.5, 0.6) is 0 Å². The molecular formula is C19H19N7O4. The second-order valence-corrected chi connectivity index (χ2v) is 6.88. The monoisotopic (exact) mass is 409 g/mol. The van der Waals surface area contributed by atoms with Gasteiger partial charge in [-0.2, -0.15) is 9.61 Å². The first kappa shape index (κ1) is 18.3. The highest BCUT2D eigenvalue weighted by Crippen LogP contribution is 2.26. The third-order valence-electron chi connectivity index (χ3n) is 4.96. The number of aromatic nitrogens is 4. The van der Waals surface area contributed by atoms with Gasteiger partial charge in [0.2, 0.25) is 0 Å². The third-order valence-corrected chi connectivity index (χ3v) is 4.96. The second kappa shape index (κ2) is 7.28. The number of carbonyl (C=O) groups is 1. The SMILES string of the molecule is CNc1cc(Nc2cccc3ocnc23)nc2c(C(=O)N[C@H]3COC[C@H]3O)cnn12. The van der Waals surface area contributed by atoms with Gasteiger partial charge < -0.3 is 30.2 Å². The zero-order valence-corrected chi connectivity index (χ0v) is 16.0. The standard InChI is InChI=1S/C19H19N7O4/c1-20-16-5-15(23-11-3-2-4-14-17(11)21-9-30-14)25-18-10(6-22-26(16)18)19(28)24-12-7-29-8-13(12)27/h2-6,9,12-13,20,27H,7-8H2,1H3,(H,23,25)(H,24,28)/t12-,13+/m0/s1. The molecular weight excluding hydrogens is 390 g/mol. The minimum Gasteiger partial charge on any atom is -0.443 e. The van der Waals surface area contributed by atoms with Crippen molar-refractivity contribution in [2.75, 3.05) is 30.9 Å². The summed E-state index contributed by atoms with van der Waals surface area (Å²) >= 11 is 0. The van der Waals surface area contributed by atoms with Crippen molar-refractivity contribution in [3.63, 3.8) is 0 Å². The first-order chi connectivity index (χ1) is 14.6. The van der Waals surface area contributed by atoms with E-state index in [1.54, 1.807) is 17.6 Å². The highest BCUT2D eigenvalue weighted by atomic mass is 16.5. The number of rotatable bonds is 5. The molecule has 11 nitrogen and oxygen atoms in total. The molecule has 0 bridgehead atoms. The van der Waals surface area contributed by atoms with Crippen LogP contribution in [0.25, 0.3) is 16.7 Å². The van der Waals surface area contributed by atoms with Gasteiger partial charge >= 0.3 is 0 Å².